The highest BCUT2D eigenvalue weighted by atomic mass is 16.4. The second-order valence-corrected chi connectivity index (χ2v) is 5.93. The third-order valence-electron chi connectivity index (χ3n) is 4.20. The SMILES string of the molecule is Cc1oc(-c2ccccc2)nc1CCNCC(=O)[C@@H]1CCCN1. The molecule has 0 radical (unpaired) electrons. The van der Waals surface area contributed by atoms with Crippen LogP contribution in [0.4, 0.5) is 0 Å². The van der Waals surface area contributed by atoms with Gasteiger partial charge in [0.2, 0.25) is 5.89 Å². The number of hydrogen-bond acceptors (Lipinski definition) is 5. The van der Waals surface area contributed by atoms with Crippen LogP contribution < -0.4 is 10.6 Å². The van der Waals surface area contributed by atoms with E-state index in [1.807, 2.05) is 37.3 Å². The lowest BCUT2D eigenvalue weighted by molar-refractivity contribution is -0.119. The van der Waals surface area contributed by atoms with Crippen molar-refractivity contribution < 1.29 is 9.21 Å². The van der Waals surface area contributed by atoms with Gasteiger partial charge in [-0.1, -0.05) is 18.2 Å². The predicted octanol–water partition coefficient (Wildman–Crippen LogP) is 2.10. The van der Waals surface area contributed by atoms with Gasteiger partial charge in [-0.25, -0.2) is 4.98 Å². The molecular formula is C18H23N3O2. The fraction of sp³-hybridized carbons (Fsp3) is 0.444. The maximum atomic E-state index is 12.0. The van der Waals surface area contributed by atoms with Crippen molar-refractivity contribution in [2.75, 3.05) is 19.6 Å². The van der Waals surface area contributed by atoms with Crippen LogP contribution in [0.5, 0.6) is 0 Å². The van der Waals surface area contributed by atoms with Gasteiger partial charge in [0.25, 0.3) is 0 Å². The molecule has 0 unspecified atom stereocenters. The molecule has 0 aliphatic carbocycles. The Bertz CT molecular complexity index is 646. The first-order valence-electron chi connectivity index (χ1n) is 8.22. The van der Waals surface area contributed by atoms with E-state index < -0.39 is 0 Å². The monoisotopic (exact) mass is 313 g/mol. The maximum Gasteiger partial charge on any atom is 0.226 e. The molecule has 23 heavy (non-hydrogen) atoms. The van der Waals surface area contributed by atoms with E-state index in [-0.39, 0.29) is 11.8 Å². The van der Waals surface area contributed by atoms with E-state index in [2.05, 4.69) is 15.6 Å². The van der Waals surface area contributed by atoms with Crippen LogP contribution in [-0.2, 0) is 11.2 Å². The largest absolute Gasteiger partial charge is 0.441 e. The van der Waals surface area contributed by atoms with Gasteiger partial charge in [-0.3, -0.25) is 4.79 Å². The Morgan fingerprint density at radius 2 is 2.22 bits per heavy atom. The van der Waals surface area contributed by atoms with Crippen molar-refractivity contribution in [1.29, 1.82) is 0 Å². The lowest BCUT2D eigenvalue weighted by Crippen LogP contribution is -2.38. The second-order valence-electron chi connectivity index (χ2n) is 5.93. The number of nitrogens with zero attached hydrogens (tertiary/aromatic N) is 1. The maximum absolute atomic E-state index is 12.0. The number of aryl methyl sites for hydroxylation is 1. The van der Waals surface area contributed by atoms with E-state index in [9.17, 15) is 4.79 Å². The number of Topliss-reactive ketones (excluding diaryl/α,β-unsaturated/α-hetero) is 1. The molecule has 0 spiro atoms. The van der Waals surface area contributed by atoms with Crippen LogP contribution in [0.25, 0.3) is 11.5 Å². The zero-order valence-electron chi connectivity index (χ0n) is 13.5. The molecule has 1 atom stereocenters. The number of carbonyl (C=O) groups excluding carboxylic acids is 1. The molecule has 1 aliphatic rings. The fourth-order valence-corrected chi connectivity index (χ4v) is 2.87. The van der Waals surface area contributed by atoms with Crippen molar-refractivity contribution in [3.8, 4) is 11.5 Å². The number of carbonyl (C=O) groups is 1. The van der Waals surface area contributed by atoms with E-state index in [1.165, 1.54) is 0 Å². The zero-order valence-corrected chi connectivity index (χ0v) is 13.5. The minimum absolute atomic E-state index is 0.0426. The summed E-state index contributed by atoms with van der Waals surface area (Å²) in [7, 11) is 0. The third-order valence-corrected chi connectivity index (χ3v) is 4.20. The molecular weight excluding hydrogens is 290 g/mol. The molecule has 0 bridgehead atoms. The lowest BCUT2D eigenvalue weighted by atomic mass is 10.1. The Hall–Kier alpha value is -1.98. The number of benzene rings is 1. The van der Waals surface area contributed by atoms with E-state index in [0.29, 0.717) is 12.4 Å². The van der Waals surface area contributed by atoms with Crippen molar-refractivity contribution in [3.63, 3.8) is 0 Å². The van der Waals surface area contributed by atoms with Gasteiger partial charge >= 0.3 is 0 Å². The topological polar surface area (TPSA) is 67.2 Å². The van der Waals surface area contributed by atoms with Gasteiger partial charge in [0.05, 0.1) is 18.3 Å². The van der Waals surface area contributed by atoms with E-state index in [4.69, 9.17) is 4.42 Å². The summed E-state index contributed by atoms with van der Waals surface area (Å²) in [5.74, 6) is 1.75. The van der Waals surface area contributed by atoms with Gasteiger partial charge in [0, 0.05) is 18.5 Å². The van der Waals surface area contributed by atoms with Crippen LogP contribution in [0.1, 0.15) is 24.3 Å². The van der Waals surface area contributed by atoms with E-state index in [0.717, 1.165) is 49.4 Å². The van der Waals surface area contributed by atoms with Crippen LogP contribution >= 0.6 is 0 Å². The van der Waals surface area contributed by atoms with Gasteiger partial charge in [0.15, 0.2) is 5.78 Å². The van der Waals surface area contributed by atoms with Crippen LogP contribution in [0, 0.1) is 6.92 Å². The molecule has 1 aliphatic heterocycles. The summed E-state index contributed by atoms with van der Waals surface area (Å²) in [6.07, 6.45) is 2.81. The van der Waals surface area contributed by atoms with Gasteiger partial charge in [-0.15, -0.1) is 0 Å². The first-order chi connectivity index (χ1) is 11.2. The Morgan fingerprint density at radius 1 is 1.39 bits per heavy atom. The first-order valence-corrected chi connectivity index (χ1v) is 8.22. The summed E-state index contributed by atoms with van der Waals surface area (Å²) >= 11 is 0. The summed E-state index contributed by atoms with van der Waals surface area (Å²) in [6, 6.07) is 9.93. The molecule has 1 fully saturated rings. The van der Waals surface area contributed by atoms with Crippen molar-refractivity contribution in [2.45, 2.75) is 32.2 Å². The predicted molar refractivity (Wildman–Crippen MR) is 89.3 cm³/mol. The third kappa shape index (κ3) is 4.06. The highest BCUT2D eigenvalue weighted by Crippen LogP contribution is 2.21. The van der Waals surface area contributed by atoms with Gasteiger partial charge in [-0.2, -0.15) is 0 Å². The molecule has 2 heterocycles. The zero-order chi connectivity index (χ0) is 16.1. The van der Waals surface area contributed by atoms with Crippen LogP contribution in [0.3, 0.4) is 0 Å². The number of rotatable bonds is 7. The van der Waals surface area contributed by atoms with Crippen molar-refractivity contribution >= 4 is 5.78 Å². The van der Waals surface area contributed by atoms with E-state index in [1.54, 1.807) is 0 Å². The molecule has 3 rings (SSSR count). The summed E-state index contributed by atoms with van der Waals surface area (Å²) in [4.78, 5) is 16.5. The molecule has 1 saturated heterocycles. The highest BCUT2D eigenvalue weighted by molar-refractivity contribution is 5.86. The molecule has 2 N–H and O–H groups in total. The number of oxazole rings is 1. The van der Waals surface area contributed by atoms with Crippen molar-refractivity contribution in [1.82, 2.24) is 15.6 Å². The average molecular weight is 313 g/mol. The quantitative estimate of drug-likeness (QED) is 0.766. The normalized spacial score (nSPS) is 17.5. The van der Waals surface area contributed by atoms with Gasteiger partial charge < -0.3 is 15.1 Å². The number of nitrogens with one attached hydrogen (secondary N) is 2. The highest BCUT2D eigenvalue weighted by Gasteiger charge is 2.21. The van der Waals surface area contributed by atoms with Gasteiger partial charge in [0.1, 0.15) is 5.76 Å². The fourth-order valence-electron chi connectivity index (χ4n) is 2.87. The Morgan fingerprint density at radius 3 is 2.96 bits per heavy atom. The van der Waals surface area contributed by atoms with Gasteiger partial charge in [-0.05, 0) is 38.4 Å². The summed E-state index contributed by atoms with van der Waals surface area (Å²) in [6.45, 7) is 4.03. The molecule has 0 saturated carbocycles. The Kier molecular flexibility index (Phi) is 5.20. The number of ketones is 1. The summed E-state index contributed by atoms with van der Waals surface area (Å²) in [5, 5.41) is 6.44. The van der Waals surface area contributed by atoms with Crippen LogP contribution in [0.2, 0.25) is 0 Å². The number of aromatic nitrogens is 1. The van der Waals surface area contributed by atoms with Crippen molar-refractivity contribution in [2.24, 2.45) is 0 Å². The Labute approximate surface area is 136 Å². The van der Waals surface area contributed by atoms with E-state index >= 15 is 0 Å². The van der Waals surface area contributed by atoms with Crippen LogP contribution in [-0.4, -0.2) is 36.4 Å². The molecule has 1 aromatic carbocycles. The lowest BCUT2D eigenvalue weighted by Gasteiger charge is -2.09. The molecule has 5 nitrogen and oxygen atoms in total. The standard InChI is InChI=1S/C18H23N3O2/c1-13-15(21-18(23-13)14-6-3-2-4-7-14)9-11-19-12-17(22)16-8-5-10-20-16/h2-4,6-7,16,19-20H,5,8-12H2,1H3/t16-/m0/s1. The Balaban J connectivity index is 1.49. The molecule has 122 valence electrons. The molecule has 0 amide bonds. The molecule has 1 aromatic heterocycles. The molecule has 5 heteroatoms. The summed E-state index contributed by atoms with van der Waals surface area (Å²) < 4.78 is 5.74. The first kappa shape index (κ1) is 15.9. The minimum Gasteiger partial charge on any atom is -0.441 e. The average Bonchev–Trinajstić information content (AvgIpc) is 3.22. The van der Waals surface area contributed by atoms with Crippen molar-refractivity contribution in [3.05, 3.63) is 41.8 Å². The smallest absolute Gasteiger partial charge is 0.226 e. The van der Waals surface area contributed by atoms with Crippen LogP contribution in [0.15, 0.2) is 34.7 Å². The second kappa shape index (κ2) is 7.53. The summed E-state index contributed by atoms with van der Waals surface area (Å²) in [5.41, 5.74) is 1.93. The minimum atomic E-state index is 0.0426. The number of hydrogen-bond donors (Lipinski definition) is 2. The molecule has 2 aromatic rings.